The Hall–Kier alpha value is -2.03. The molecule has 1 aromatic rings. The standard InChI is InChI=1S/C16H20O3/c1-2-3-4-5-8-13-19-15-10-7-6-9-14(15)11-12-16(17)18/h2,6-7,9-12H,1,3-5,8,13H2,(H,17,18)/b12-11+. The van der Waals surface area contributed by atoms with Gasteiger partial charge in [0.15, 0.2) is 0 Å². The molecule has 0 fully saturated rings. The van der Waals surface area contributed by atoms with Crippen LogP contribution in [0.2, 0.25) is 0 Å². The predicted octanol–water partition coefficient (Wildman–Crippen LogP) is 3.91. The van der Waals surface area contributed by atoms with Crippen LogP contribution in [0.3, 0.4) is 0 Å². The first-order valence-electron chi connectivity index (χ1n) is 6.48. The molecule has 0 unspecified atom stereocenters. The van der Waals surface area contributed by atoms with E-state index in [1.165, 1.54) is 0 Å². The molecule has 0 amide bonds. The van der Waals surface area contributed by atoms with Gasteiger partial charge in [-0.2, -0.15) is 0 Å². The normalized spacial score (nSPS) is 10.5. The molecule has 0 aromatic heterocycles. The highest BCUT2D eigenvalue weighted by molar-refractivity contribution is 5.85. The van der Waals surface area contributed by atoms with Gasteiger partial charge < -0.3 is 9.84 Å². The van der Waals surface area contributed by atoms with Crippen molar-refractivity contribution in [1.29, 1.82) is 0 Å². The molecule has 0 saturated heterocycles. The van der Waals surface area contributed by atoms with Crippen LogP contribution in [0, 0.1) is 0 Å². The van der Waals surface area contributed by atoms with Crippen LogP contribution in [0.5, 0.6) is 5.75 Å². The number of unbranched alkanes of at least 4 members (excludes halogenated alkanes) is 3. The van der Waals surface area contributed by atoms with Gasteiger partial charge in [-0.3, -0.25) is 0 Å². The lowest BCUT2D eigenvalue weighted by molar-refractivity contribution is -0.131. The Morgan fingerprint density at radius 2 is 2.05 bits per heavy atom. The van der Waals surface area contributed by atoms with Crippen LogP contribution in [-0.4, -0.2) is 17.7 Å². The van der Waals surface area contributed by atoms with Crippen molar-refractivity contribution in [3.05, 3.63) is 48.6 Å². The summed E-state index contributed by atoms with van der Waals surface area (Å²) >= 11 is 0. The molecular formula is C16H20O3. The highest BCUT2D eigenvalue weighted by Crippen LogP contribution is 2.19. The Labute approximate surface area is 114 Å². The smallest absolute Gasteiger partial charge is 0.328 e. The van der Waals surface area contributed by atoms with Gasteiger partial charge >= 0.3 is 5.97 Å². The van der Waals surface area contributed by atoms with Crippen LogP contribution in [0.15, 0.2) is 43.0 Å². The first kappa shape index (κ1) is 15.0. The van der Waals surface area contributed by atoms with Crippen LogP contribution < -0.4 is 4.74 Å². The molecule has 1 N–H and O–H groups in total. The van der Waals surface area contributed by atoms with Gasteiger partial charge in [0, 0.05) is 11.6 Å². The fourth-order valence-corrected chi connectivity index (χ4v) is 1.66. The van der Waals surface area contributed by atoms with E-state index in [0.29, 0.717) is 6.61 Å². The van der Waals surface area contributed by atoms with E-state index in [9.17, 15) is 4.79 Å². The van der Waals surface area contributed by atoms with Crippen LogP contribution in [0.1, 0.15) is 31.2 Å². The molecule has 0 aliphatic heterocycles. The van der Waals surface area contributed by atoms with Gasteiger partial charge in [0.2, 0.25) is 0 Å². The van der Waals surface area contributed by atoms with E-state index < -0.39 is 5.97 Å². The van der Waals surface area contributed by atoms with Gasteiger partial charge in [-0.15, -0.1) is 6.58 Å². The third kappa shape index (κ3) is 6.46. The van der Waals surface area contributed by atoms with Crippen molar-refractivity contribution in [1.82, 2.24) is 0 Å². The molecule has 19 heavy (non-hydrogen) atoms. The summed E-state index contributed by atoms with van der Waals surface area (Å²) in [5.41, 5.74) is 0.788. The first-order valence-corrected chi connectivity index (χ1v) is 6.48. The van der Waals surface area contributed by atoms with E-state index in [2.05, 4.69) is 6.58 Å². The van der Waals surface area contributed by atoms with E-state index in [0.717, 1.165) is 43.1 Å². The molecule has 0 radical (unpaired) electrons. The summed E-state index contributed by atoms with van der Waals surface area (Å²) in [5, 5.41) is 8.63. The third-order valence-electron chi connectivity index (χ3n) is 2.63. The second-order valence-electron chi connectivity index (χ2n) is 4.20. The SMILES string of the molecule is C=CCCCCCOc1ccccc1/C=C/C(=O)O. The summed E-state index contributed by atoms with van der Waals surface area (Å²) in [4.78, 5) is 10.5. The molecule has 0 bridgehead atoms. The maximum absolute atomic E-state index is 10.5. The van der Waals surface area contributed by atoms with Crippen molar-refractivity contribution < 1.29 is 14.6 Å². The number of carboxylic acids is 1. The van der Waals surface area contributed by atoms with Crippen LogP contribution in [-0.2, 0) is 4.79 Å². The number of ether oxygens (including phenoxy) is 1. The maximum atomic E-state index is 10.5. The monoisotopic (exact) mass is 260 g/mol. The van der Waals surface area contributed by atoms with Crippen molar-refractivity contribution in [2.45, 2.75) is 25.7 Å². The fourth-order valence-electron chi connectivity index (χ4n) is 1.66. The van der Waals surface area contributed by atoms with Crippen LogP contribution in [0.25, 0.3) is 6.08 Å². The summed E-state index contributed by atoms with van der Waals surface area (Å²) in [6.07, 6.45) is 8.86. The summed E-state index contributed by atoms with van der Waals surface area (Å²) < 4.78 is 5.68. The minimum Gasteiger partial charge on any atom is -0.493 e. The number of rotatable bonds is 9. The molecule has 102 valence electrons. The van der Waals surface area contributed by atoms with Crippen LogP contribution in [0.4, 0.5) is 0 Å². The van der Waals surface area contributed by atoms with E-state index in [1.54, 1.807) is 6.08 Å². The highest BCUT2D eigenvalue weighted by atomic mass is 16.5. The zero-order chi connectivity index (χ0) is 13.9. The second-order valence-corrected chi connectivity index (χ2v) is 4.20. The molecule has 0 spiro atoms. The molecule has 1 rings (SSSR count). The number of hydrogen-bond acceptors (Lipinski definition) is 2. The largest absolute Gasteiger partial charge is 0.493 e. The quantitative estimate of drug-likeness (QED) is 0.416. The molecule has 1 aromatic carbocycles. The van der Waals surface area contributed by atoms with E-state index >= 15 is 0 Å². The molecular weight excluding hydrogens is 240 g/mol. The molecule has 0 aliphatic carbocycles. The number of aliphatic carboxylic acids is 1. The number of allylic oxidation sites excluding steroid dienone is 1. The average Bonchev–Trinajstić information content (AvgIpc) is 2.41. The summed E-state index contributed by atoms with van der Waals surface area (Å²) in [6, 6.07) is 7.43. The number of para-hydroxylation sites is 1. The van der Waals surface area contributed by atoms with E-state index in [1.807, 2.05) is 30.3 Å². The van der Waals surface area contributed by atoms with Crippen molar-refractivity contribution >= 4 is 12.0 Å². The molecule has 0 heterocycles. The Morgan fingerprint density at radius 3 is 2.79 bits per heavy atom. The number of hydrogen-bond donors (Lipinski definition) is 1. The fraction of sp³-hybridized carbons (Fsp3) is 0.312. The topological polar surface area (TPSA) is 46.5 Å². The Bertz CT molecular complexity index is 435. The Balaban J connectivity index is 2.44. The van der Waals surface area contributed by atoms with Crippen LogP contribution >= 0.6 is 0 Å². The molecule has 0 aliphatic rings. The van der Waals surface area contributed by atoms with Gasteiger partial charge in [0.25, 0.3) is 0 Å². The summed E-state index contributed by atoms with van der Waals surface area (Å²) in [6.45, 7) is 4.33. The minimum atomic E-state index is -0.959. The van der Waals surface area contributed by atoms with Gasteiger partial charge in [-0.05, 0) is 37.8 Å². The van der Waals surface area contributed by atoms with E-state index in [4.69, 9.17) is 9.84 Å². The highest BCUT2D eigenvalue weighted by Gasteiger charge is 2.00. The lowest BCUT2D eigenvalue weighted by Crippen LogP contribution is -1.98. The van der Waals surface area contributed by atoms with Gasteiger partial charge in [-0.25, -0.2) is 4.79 Å². The van der Waals surface area contributed by atoms with Crippen molar-refractivity contribution in [2.24, 2.45) is 0 Å². The minimum absolute atomic E-state index is 0.648. The lowest BCUT2D eigenvalue weighted by atomic mass is 10.2. The summed E-state index contributed by atoms with van der Waals surface area (Å²) in [7, 11) is 0. The second kappa shape index (κ2) is 8.97. The Kier molecular flexibility index (Phi) is 7.10. The first-order chi connectivity index (χ1) is 9.24. The maximum Gasteiger partial charge on any atom is 0.328 e. The number of carboxylic acid groups (broad SMARTS) is 1. The summed E-state index contributed by atoms with van der Waals surface area (Å²) in [5.74, 6) is -0.233. The zero-order valence-electron chi connectivity index (χ0n) is 11.0. The van der Waals surface area contributed by atoms with Crippen molar-refractivity contribution in [2.75, 3.05) is 6.61 Å². The van der Waals surface area contributed by atoms with Gasteiger partial charge in [0.05, 0.1) is 6.61 Å². The lowest BCUT2D eigenvalue weighted by Gasteiger charge is -2.08. The molecule has 0 saturated carbocycles. The van der Waals surface area contributed by atoms with Crippen molar-refractivity contribution in [3.63, 3.8) is 0 Å². The van der Waals surface area contributed by atoms with E-state index in [-0.39, 0.29) is 0 Å². The van der Waals surface area contributed by atoms with Gasteiger partial charge in [-0.1, -0.05) is 24.3 Å². The molecule has 0 atom stereocenters. The van der Waals surface area contributed by atoms with Gasteiger partial charge in [0.1, 0.15) is 5.75 Å². The average molecular weight is 260 g/mol. The third-order valence-corrected chi connectivity index (χ3v) is 2.63. The predicted molar refractivity (Wildman–Crippen MR) is 77.3 cm³/mol. The zero-order valence-corrected chi connectivity index (χ0v) is 11.0. The number of carbonyl (C=O) groups is 1. The number of benzene rings is 1. The molecule has 3 heteroatoms. The molecule has 3 nitrogen and oxygen atoms in total. The van der Waals surface area contributed by atoms with Crippen molar-refractivity contribution in [3.8, 4) is 5.75 Å². The Morgan fingerprint density at radius 1 is 1.26 bits per heavy atom.